The minimum atomic E-state index is -2.83. The minimum absolute atomic E-state index is 0.0232. The maximum Gasteiger partial charge on any atom is 0.387 e. The second kappa shape index (κ2) is 6.79. The Hall–Kier alpha value is -1.49. The second-order valence-electron chi connectivity index (χ2n) is 4.25. The van der Waals surface area contributed by atoms with Crippen molar-refractivity contribution in [1.82, 2.24) is 0 Å². The van der Waals surface area contributed by atoms with Crippen LogP contribution in [0.25, 0.3) is 0 Å². The smallest absolute Gasteiger partial charge is 0.387 e. The molecule has 0 aliphatic heterocycles. The van der Waals surface area contributed by atoms with Gasteiger partial charge >= 0.3 is 6.61 Å². The molecule has 20 heavy (non-hydrogen) atoms. The normalized spacial score (nSPS) is 12.4. The molecule has 0 radical (unpaired) electrons. The Labute approximate surface area is 123 Å². The summed E-state index contributed by atoms with van der Waals surface area (Å²) in [7, 11) is 0. The molecule has 0 amide bonds. The van der Waals surface area contributed by atoms with Crippen molar-refractivity contribution in [2.24, 2.45) is 0 Å². The lowest BCUT2D eigenvalue weighted by molar-refractivity contribution is -0.0498. The maximum atomic E-state index is 13.1. The lowest BCUT2D eigenvalue weighted by Crippen LogP contribution is -2.02. The molecule has 2 aromatic rings. The SMILES string of the molecule is Fc1cccc(CC(Br)c2ccc(OC(F)F)cc2)c1. The largest absolute Gasteiger partial charge is 0.435 e. The van der Waals surface area contributed by atoms with Crippen LogP contribution >= 0.6 is 15.9 Å². The zero-order chi connectivity index (χ0) is 14.5. The molecule has 0 heterocycles. The fourth-order valence-corrected chi connectivity index (χ4v) is 2.53. The number of ether oxygens (including phenoxy) is 1. The van der Waals surface area contributed by atoms with Crippen molar-refractivity contribution in [2.45, 2.75) is 17.9 Å². The van der Waals surface area contributed by atoms with Gasteiger partial charge in [0.05, 0.1) is 0 Å². The first-order chi connectivity index (χ1) is 9.54. The van der Waals surface area contributed by atoms with Gasteiger partial charge in [0.25, 0.3) is 0 Å². The minimum Gasteiger partial charge on any atom is -0.435 e. The van der Waals surface area contributed by atoms with E-state index in [0.29, 0.717) is 6.42 Å². The van der Waals surface area contributed by atoms with Gasteiger partial charge in [-0.3, -0.25) is 0 Å². The van der Waals surface area contributed by atoms with E-state index in [9.17, 15) is 13.2 Å². The maximum absolute atomic E-state index is 13.1. The summed E-state index contributed by atoms with van der Waals surface area (Å²) in [6.45, 7) is -2.83. The summed E-state index contributed by atoms with van der Waals surface area (Å²) in [5.74, 6) is -0.155. The van der Waals surface area contributed by atoms with Crippen molar-refractivity contribution < 1.29 is 17.9 Å². The molecule has 0 N–H and O–H groups in total. The van der Waals surface area contributed by atoms with Gasteiger partial charge in [-0.1, -0.05) is 40.2 Å². The third-order valence-electron chi connectivity index (χ3n) is 2.77. The molecule has 1 atom stereocenters. The molecule has 0 saturated carbocycles. The Morgan fingerprint density at radius 1 is 1.05 bits per heavy atom. The van der Waals surface area contributed by atoms with E-state index in [0.717, 1.165) is 11.1 Å². The van der Waals surface area contributed by atoms with Gasteiger partial charge in [-0.2, -0.15) is 8.78 Å². The van der Waals surface area contributed by atoms with Gasteiger partial charge in [0.1, 0.15) is 11.6 Å². The zero-order valence-electron chi connectivity index (χ0n) is 10.4. The third-order valence-corrected chi connectivity index (χ3v) is 3.62. The molecule has 2 rings (SSSR count). The van der Waals surface area contributed by atoms with Crippen LogP contribution in [0.4, 0.5) is 13.2 Å². The van der Waals surface area contributed by atoms with E-state index in [2.05, 4.69) is 20.7 Å². The van der Waals surface area contributed by atoms with Crippen LogP contribution in [0.5, 0.6) is 5.75 Å². The van der Waals surface area contributed by atoms with Crippen molar-refractivity contribution in [3.05, 3.63) is 65.5 Å². The topological polar surface area (TPSA) is 9.23 Å². The third kappa shape index (κ3) is 4.27. The van der Waals surface area contributed by atoms with Crippen LogP contribution in [0, 0.1) is 5.82 Å². The summed E-state index contributed by atoms with van der Waals surface area (Å²) < 4.78 is 41.5. The molecule has 0 aliphatic carbocycles. The van der Waals surface area contributed by atoms with Crippen LogP contribution in [0.1, 0.15) is 16.0 Å². The fraction of sp³-hybridized carbons (Fsp3) is 0.200. The molecule has 0 aliphatic rings. The molecule has 1 nitrogen and oxygen atoms in total. The first-order valence-electron chi connectivity index (χ1n) is 5.98. The van der Waals surface area contributed by atoms with E-state index >= 15 is 0 Å². The second-order valence-corrected chi connectivity index (χ2v) is 5.35. The number of alkyl halides is 3. The average molecular weight is 345 g/mol. The number of benzene rings is 2. The van der Waals surface area contributed by atoms with Crippen molar-refractivity contribution in [3.8, 4) is 5.75 Å². The van der Waals surface area contributed by atoms with E-state index < -0.39 is 6.61 Å². The number of hydrogen-bond donors (Lipinski definition) is 0. The highest BCUT2D eigenvalue weighted by Gasteiger charge is 2.10. The Bertz CT molecular complexity index is 557. The van der Waals surface area contributed by atoms with Gasteiger partial charge in [0.2, 0.25) is 0 Å². The molecule has 0 fully saturated rings. The van der Waals surface area contributed by atoms with E-state index in [1.165, 1.54) is 24.3 Å². The summed E-state index contributed by atoms with van der Waals surface area (Å²) in [4.78, 5) is -0.0232. The van der Waals surface area contributed by atoms with Crippen molar-refractivity contribution in [1.29, 1.82) is 0 Å². The molecular formula is C15H12BrF3O. The average Bonchev–Trinajstić information content (AvgIpc) is 2.38. The number of halogens is 4. The first kappa shape index (κ1) is 14.9. The predicted molar refractivity (Wildman–Crippen MR) is 74.8 cm³/mol. The van der Waals surface area contributed by atoms with Crippen LogP contribution in [0.15, 0.2) is 48.5 Å². The van der Waals surface area contributed by atoms with Crippen LogP contribution in [-0.2, 0) is 6.42 Å². The highest BCUT2D eigenvalue weighted by atomic mass is 79.9. The van der Waals surface area contributed by atoms with Crippen LogP contribution in [0.3, 0.4) is 0 Å². The number of rotatable bonds is 5. The molecule has 0 saturated heterocycles. The van der Waals surface area contributed by atoms with Gasteiger partial charge in [0, 0.05) is 4.83 Å². The van der Waals surface area contributed by atoms with Gasteiger partial charge in [-0.05, 0) is 41.8 Å². The molecule has 0 bridgehead atoms. The van der Waals surface area contributed by atoms with Crippen molar-refractivity contribution >= 4 is 15.9 Å². The quantitative estimate of drug-likeness (QED) is 0.685. The predicted octanol–water partition coefficient (Wildman–Crippen LogP) is 5.11. The Balaban J connectivity index is 2.03. The molecule has 1 unspecified atom stereocenters. The van der Waals surface area contributed by atoms with Crippen molar-refractivity contribution in [2.75, 3.05) is 0 Å². The summed E-state index contributed by atoms with van der Waals surface area (Å²) in [5, 5.41) is 0. The van der Waals surface area contributed by atoms with Gasteiger partial charge in [-0.15, -0.1) is 0 Å². The Morgan fingerprint density at radius 2 is 1.75 bits per heavy atom. The van der Waals surface area contributed by atoms with Gasteiger partial charge in [-0.25, -0.2) is 4.39 Å². The van der Waals surface area contributed by atoms with E-state index in [1.54, 1.807) is 18.2 Å². The summed E-state index contributed by atoms with van der Waals surface area (Å²) >= 11 is 3.51. The lowest BCUT2D eigenvalue weighted by Gasteiger charge is -2.11. The standard InChI is InChI=1S/C15H12BrF3O/c16-14(9-10-2-1-3-12(17)8-10)11-4-6-13(7-5-11)20-15(18)19/h1-8,14-15H,9H2. The highest BCUT2D eigenvalue weighted by Crippen LogP contribution is 2.28. The molecule has 2 aromatic carbocycles. The van der Waals surface area contributed by atoms with Crippen molar-refractivity contribution in [3.63, 3.8) is 0 Å². The number of hydrogen-bond acceptors (Lipinski definition) is 1. The van der Waals surface area contributed by atoms with E-state index in [4.69, 9.17) is 0 Å². The van der Waals surface area contributed by atoms with Crippen LogP contribution in [-0.4, -0.2) is 6.61 Å². The molecule has 0 aromatic heterocycles. The highest BCUT2D eigenvalue weighted by molar-refractivity contribution is 9.09. The molecule has 0 spiro atoms. The molecular weight excluding hydrogens is 333 g/mol. The van der Waals surface area contributed by atoms with Gasteiger partial charge < -0.3 is 4.74 Å². The Morgan fingerprint density at radius 3 is 2.35 bits per heavy atom. The van der Waals surface area contributed by atoms with Crippen LogP contribution < -0.4 is 4.74 Å². The van der Waals surface area contributed by atoms with E-state index in [-0.39, 0.29) is 16.4 Å². The summed E-state index contributed by atoms with van der Waals surface area (Å²) in [6.07, 6.45) is 0.604. The first-order valence-corrected chi connectivity index (χ1v) is 6.89. The van der Waals surface area contributed by atoms with E-state index in [1.807, 2.05) is 6.07 Å². The summed E-state index contributed by atoms with van der Waals surface area (Å²) in [5.41, 5.74) is 1.77. The summed E-state index contributed by atoms with van der Waals surface area (Å²) in [6, 6.07) is 12.7. The monoisotopic (exact) mass is 344 g/mol. The fourth-order valence-electron chi connectivity index (χ4n) is 1.85. The molecule has 106 valence electrons. The Kier molecular flexibility index (Phi) is 5.06. The molecule has 5 heteroatoms. The lowest BCUT2D eigenvalue weighted by atomic mass is 10.0. The van der Waals surface area contributed by atoms with Crippen LogP contribution in [0.2, 0.25) is 0 Å². The van der Waals surface area contributed by atoms with Gasteiger partial charge in [0.15, 0.2) is 0 Å². The zero-order valence-corrected chi connectivity index (χ0v) is 12.0.